The van der Waals surface area contributed by atoms with Crippen molar-refractivity contribution in [2.24, 2.45) is 0 Å². The number of hydrogen-bond donors (Lipinski definition) is 2. The van der Waals surface area contributed by atoms with Crippen molar-refractivity contribution >= 4 is 37.5 Å². The van der Waals surface area contributed by atoms with Crippen LogP contribution >= 0.6 is 11.3 Å². The molecule has 0 bridgehead atoms. The zero-order valence-corrected chi connectivity index (χ0v) is 16.3. The fourth-order valence-corrected chi connectivity index (χ4v) is 4.49. The Labute approximate surface area is 157 Å². The number of rotatable bonds is 6. The maximum Gasteiger partial charge on any atom is 0.233 e. The van der Waals surface area contributed by atoms with Gasteiger partial charge in [-0.15, -0.1) is 11.3 Å². The van der Waals surface area contributed by atoms with E-state index in [1.165, 1.54) is 17.4 Å². The number of fused-ring (bicyclic) bond motifs is 1. The third kappa shape index (κ3) is 4.59. The van der Waals surface area contributed by atoms with Gasteiger partial charge in [-0.2, -0.15) is 0 Å². The van der Waals surface area contributed by atoms with E-state index in [-0.39, 0.29) is 6.54 Å². The predicted molar refractivity (Wildman–Crippen MR) is 109 cm³/mol. The molecule has 0 amide bonds. The first-order valence-corrected chi connectivity index (χ1v) is 10.6. The highest BCUT2D eigenvalue weighted by Crippen LogP contribution is 2.32. The molecule has 2 aromatic carbocycles. The monoisotopic (exact) mass is 387 g/mol. The third-order valence-electron chi connectivity index (χ3n) is 4.09. The summed E-state index contributed by atoms with van der Waals surface area (Å²) < 4.78 is 28.0. The number of benzene rings is 2. The molecule has 1 heterocycles. The summed E-state index contributed by atoms with van der Waals surface area (Å²) >= 11 is 1.46. The average Bonchev–Trinajstić information content (AvgIpc) is 3.05. The molecule has 1 aromatic heterocycles. The van der Waals surface area contributed by atoms with Gasteiger partial charge in [-0.05, 0) is 43.0 Å². The lowest BCUT2D eigenvalue weighted by atomic mass is 10.1. The van der Waals surface area contributed by atoms with E-state index in [2.05, 4.69) is 4.72 Å². The van der Waals surface area contributed by atoms with Gasteiger partial charge in [0.2, 0.25) is 10.0 Å². The number of nitrogens with one attached hydrogen (secondary N) is 1. The highest BCUT2D eigenvalue weighted by molar-refractivity contribution is 7.92. The van der Waals surface area contributed by atoms with Gasteiger partial charge in [-0.25, -0.2) is 13.1 Å². The van der Waals surface area contributed by atoms with Crippen molar-refractivity contribution in [3.8, 4) is 0 Å². The Hall–Kier alpha value is -1.99. The van der Waals surface area contributed by atoms with Crippen LogP contribution in [0.3, 0.4) is 0 Å². The van der Waals surface area contributed by atoms with Crippen LogP contribution in [0.2, 0.25) is 0 Å². The lowest BCUT2D eigenvalue weighted by Gasteiger charge is -2.21. The van der Waals surface area contributed by atoms with Crippen molar-refractivity contribution in [3.05, 3.63) is 76.0 Å². The second-order valence-corrected chi connectivity index (χ2v) is 9.24. The lowest BCUT2D eigenvalue weighted by Crippen LogP contribution is -2.37. The average molecular weight is 388 g/mol. The summed E-state index contributed by atoms with van der Waals surface area (Å²) in [6.45, 7) is 3.49. The van der Waals surface area contributed by atoms with Crippen LogP contribution in [0.1, 0.15) is 22.9 Å². The zero-order valence-electron chi connectivity index (χ0n) is 14.6. The van der Waals surface area contributed by atoms with Gasteiger partial charge < -0.3 is 5.11 Å². The first-order valence-electron chi connectivity index (χ1n) is 8.21. The summed E-state index contributed by atoms with van der Waals surface area (Å²) in [7, 11) is -3.65. The van der Waals surface area contributed by atoms with Crippen LogP contribution in [-0.2, 0) is 15.6 Å². The smallest absolute Gasteiger partial charge is 0.233 e. The van der Waals surface area contributed by atoms with Crippen LogP contribution < -0.4 is 4.72 Å². The SMILES string of the molecule is Cc1ccc(/C=C/S(=O)(=O)NCC(C)(O)c2cc3ccccc3s2)cc1. The van der Waals surface area contributed by atoms with Gasteiger partial charge in [0.05, 0.1) is 0 Å². The Balaban J connectivity index is 1.70. The summed E-state index contributed by atoms with van der Waals surface area (Å²) in [6, 6.07) is 17.3. The first-order chi connectivity index (χ1) is 12.3. The second-order valence-electron chi connectivity index (χ2n) is 6.50. The summed E-state index contributed by atoms with van der Waals surface area (Å²) in [4.78, 5) is 0.726. The fraction of sp³-hybridized carbons (Fsp3) is 0.200. The molecule has 3 rings (SSSR count). The molecule has 0 saturated heterocycles. The summed E-state index contributed by atoms with van der Waals surface area (Å²) in [5.41, 5.74) is 0.633. The normalized spacial score (nSPS) is 14.7. The van der Waals surface area contributed by atoms with E-state index < -0.39 is 15.6 Å². The zero-order chi connectivity index (χ0) is 18.8. The van der Waals surface area contributed by atoms with Crippen molar-refractivity contribution in [3.63, 3.8) is 0 Å². The number of aryl methyl sites for hydroxylation is 1. The highest BCUT2D eigenvalue weighted by atomic mass is 32.2. The molecule has 0 aliphatic rings. The predicted octanol–water partition coefficient (Wildman–Crippen LogP) is 4.01. The molecule has 2 N–H and O–H groups in total. The number of sulfonamides is 1. The van der Waals surface area contributed by atoms with Crippen LogP contribution in [0.4, 0.5) is 0 Å². The van der Waals surface area contributed by atoms with Crippen molar-refractivity contribution in [2.75, 3.05) is 6.54 Å². The van der Waals surface area contributed by atoms with Crippen LogP contribution in [0.5, 0.6) is 0 Å². The van der Waals surface area contributed by atoms with E-state index in [0.29, 0.717) is 0 Å². The minimum absolute atomic E-state index is 0.0968. The third-order valence-corrected chi connectivity index (χ3v) is 6.50. The Morgan fingerprint density at radius 3 is 2.54 bits per heavy atom. The van der Waals surface area contributed by atoms with Gasteiger partial charge >= 0.3 is 0 Å². The van der Waals surface area contributed by atoms with Gasteiger partial charge in [0.1, 0.15) is 5.60 Å². The summed E-state index contributed by atoms with van der Waals surface area (Å²) in [6.07, 6.45) is 1.54. The Bertz CT molecular complexity index is 999. The minimum Gasteiger partial charge on any atom is -0.383 e. The molecule has 0 radical (unpaired) electrons. The summed E-state index contributed by atoms with van der Waals surface area (Å²) in [5.74, 6) is 0. The van der Waals surface area contributed by atoms with Crippen LogP contribution in [0, 0.1) is 6.92 Å². The van der Waals surface area contributed by atoms with E-state index in [9.17, 15) is 13.5 Å². The van der Waals surface area contributed by atoms with E-state index >= 15 is 0 Å². The second kappa shape index (κ2) is 7.32. The van der Waals surface area contributed by atoms with Crippen LogP contribution in [-0.4, -0.2) is 20.1 Å². The maximum absolute atomic E-state index is 12.2. The maximum atomic E-state index is 12.2. The minimum atomic E-state index is -3.65. The molecule has 0 aliphatic heterocycles. The Morgan fingerprint density at radius 1 is 1.15 bits per heavy atom. The fourth-order valence-electron chi connectivity index (χ4n) is 2.47. The Kier molecular flexibility index (Phi) is 5.29. The Morgan fingerprint density at radius 2 is 1.85 bits per heavy atom. The summed E-state index contributed by atoms with van der Waals surface area (Å²) in [5, 5.41) is 12.9. The number of aliphatic hydroxyl groups is 1. The van der Waals surface area contributed by atoms with E-state index in [4.69, 9.17) is 0 Å². The molecule has 3 aromatic rings. The van der Waals surface area contributed by atoms with Crippen molar-refractivity contribution < 1.29 is 13.5 Å². The molecule has 136 valence electrons. The molecule has 26 heavy (non-hydrogen) atoms. The van der Waals surface area contributed by atoms with Gasteiger partial charge in [0.15, 0.2) is 0 Å². The lowest BCUT2D eigenvalue weighted by molar-refractivity contribution is 0.0667. The molecule has 0 aliphatic carbocycles. The molecule has 0 fully saturated rings. The van der Waals surface area contributed by atoms with Gasteiger partial charge in [-0.1, -0.05) is 48.0 Å². The molecule has 1 atom stereocenters. The van der Waals surface area contributed by atoms with E-state index in [1.807, 2.05) is 61.5 Å². The van der Waals surface area contributed by atoms with Crippen molar-refractivity contribution in [2.45, 2.75) is 19.4 Å². The van der Waals surface area contributed by atoms with E-state index in [1.54, 1.807) is 6.92 Å². The number of hydrogen-bond acceptors (Lipinski definition) is 4. The molecule has 0 spiro atoms. The molecular formula is C20H21NO3S2. The van der Waals surface area contributed by atoms with Gasteiger partial charge in [0, 0.05) is 21.5 Å². The molecule has 6 heteroatoms. The topological polar surface area (TPSA) is 66.4 Å². The first kappa shape index (κ1) is 18.8. The van der Waals surface area contributed by atoms with Crippen molar-refractivity contribution in [1.29, 1.82) is 0 Å². The quantitative estimate of drug-likeness (QED) is 0.672. The van der Waals surface area contributed by atoms with Gasteiger partial charge in [0.25, 0.3) is 0 Å². The molecule has 1 unspecified atom stereocenters. The van der Waals surface area contributed by atoms with Crippen LogP contribution in [0.25, 0.3) is 16.2 Å². The van der Waals surface area contributed by atoms with Crippen LogP contribution in [0.15, 0.2) is 60.0 Å². The van der Waals surface area contributed by atoms with Crippen molar-refractivity contribution in [1.82, 2.24) is 4.72 Å². The molecule has 4 nitrogen and oxygen atoms in total. The molecule has 0 saturated carbocycles. The number of thiophene rings is 1. The largest absolute Gasteiger partial charge is 0.383 e. The highest BCUT2D eigenvalue weighted by Gasteiger charge is 2.27. The van der Waals surface area contributed by atoms with E-state index in [0.717, 1.165) is 31.5 Å². The molecular weight excluding hydrogens is 366 g/mol. The standard InChI is InChI=1S/C20H21NO3S2/c1-15-7-9-16(10-8-15)11-12-26(23,24)21-14-20(2,22)19-13-17-5-3-4-6-18(17)25-19/h3-13,21-22H,14H2,1-2H3/b12-11+. The van der Waals surface area contributed by atoms with Gasteiger partial charge in [-0.3, -0.25) is 0 Å².